The minimum absolute atomic E-state index is 0.178. The third-order valence-electron chi connectivity index (χ3n) is 7.18. The third kappa shape index (κ3) is 6.12. The standard InChI is InChI=1S/C34H31FN2O3/c1-40-30-20-16-27(17-21-30)31-13-8-22-36(33(38)28-11-6-3-7-12-28)32(23-25-9-4-2-5-10-25)34(39)37(31)24-26-14-18-29(35)19-15-26/h2-21,31-32H,22-24H2,1H3/b13-8-/t31?,32-/m1/s1. The fourth-order valence-electron chi connectivity index (χ4n) is 5.06. The first-order chi connectivity index (χ1) is 19.5. The number of carbonyl (C=O) groups is 2. The van der Waals surface area contributed by atoms with Crippen LogP contribution in [0.25, 0.3) is 0 Å². The molecule has 0 N–H and O–H groups in total. The minimum atomic E-state index is -0.749. The molecule has 0 spiro atoms. The van der Waals surface area contributed by atoms with Crippen molar-refractivity contribution < 1.29 is 18.7 Å². The number of hydrogen-bond donors (Lipinski definition) is 0. The highest BCUT2D eigenvalue weighted by Crippen LogP contribution is 2.30. The molecule has 1 aliphatic rings. The predicted molar refractivity (Wildman–Crippen MR) is 153 cm³/mol. The van der Waals surface area contributed by atoms with Crippen LogP contribution >= 0.6 is 0 Å². The van der Waals surface area contributed by atoms with Crippen molar-refractivity contribution in [1.82, 2.24) is 9.80 Å². The zero-order valence-corrected chi connectivity index (χ0v) is 22.3. The summed E-state index contributed by atoms with van der Waals surface area (Å²) in [6.07, 6.45) is 4.28. The molecular formula is C34H31FN2O3. The van der Waals surface area contributed by atoms with E-state index in [9.17, 15) is 14.0 Å². The van der Waals surface area contributed by atoms with E-state index < -0.39 is 12.1 Å². The third-order valence-corrected chi connectivity index (χ3v) is 7.18. The number of hydrogen-bond acceptors (Lipinski definition) is 3. The number of methoxy groups -OCH3 is 1. The Balaban J connectivity index is 1.59. The lowest BCUT2D eigenvalue weighted by atomic mass is 9.96. The second-order valence-corrected chi connectivity index (χ2v) is 9.77. The van der Waals surface area contributed by atoms with Crippen LogP contribution in [0.2, 0.25) is 0 Å². The average molecular weight is 535 g/mol. The second kappa shape index (κ2) is 12.4. The Morgan fingerprint density at radius 3 is 2.15 bits per heavy atom. The Bertz CT molecular complexity index is 1460. The van der Waals surface area contributed by atoms with Gasteiger partial charge in [0.2, 0.25) is 5.91 Å². The summed E-state index contributed by atoms with van der Waals surface area (Å²) in [6.45, 7) is 0.535. The van der Waals surface area contributed by atoms with E-state index in [-0.39, 0.29) is 30.7 Å². The summed E-state index contributed by atoms with van der Waals surface area (Å²) >= 11 is 0. The zero-order chi connectivity index (χ0) is 27.9. The monoisotopic (exact) mass is 534 g/mol. The summed E-state index contributed by atoms with van der Waals surface area (Å²) in [5.41, 5.74) is 3.19. The lowest BCUT2D eigenvalue weighted by Gasteiger charge is -2.39. The van der Waals surface area contributed by atoms with Gasteiger partial charge in [-0.05, 0) is 53.1 Å². The molecule has 6 heteroatoms. The number of nitrogens with zero attached hydrogens (tertiary/aromatic N) is 2. The van der Waals surface area contributed by atoms with Gasteiger partial charge in [0.15, 0.2) is 0 Å². The lowest BCUT2D eigenvalue weighted by molar-refractivity contribution is -0.138. The van der Waals surface area contributed by atoms with Gasteiger partial charge in [-0.25, -0.2) is 4.39 Å². The van der Waals surface area contributed by atoms with Gasteiger partial charge in [0.05, 0.1) is 13.2 Å². The Morgan fingerprint density at radius 1 is 0.850 bits per heavy atom. The first kappa shape index (κ1) is 26.9. The number of carbonyl (C=O) groups excluding carboxylic acids is 2. The van der Waals surface area contributed by atoms with Gasteiger partial charge in [0.25, 0.3) is 5.91 Å². The van der Waals surface area contributed by atoms with E-state index in [4.69, 9.17) is 4.74 Å². The lowest BCUT2D eigenvalue weighted by Crippen LogP contribution is -2.53. The van der Waals surface area contributed by atoms with E-state index in [1.54, 1.807) is 41.2 Å². The second-order valence-electron chi connectivity index (χ2n) is 9.77. The SMILES string of the molecule is COc1ccc(C2/C=C\CN(C(=O)c3ccccc3)[C@H](Cc3ccccc3)C(=O)N2Cc2ccc(F)cc2)cc1. The molecule has 202 valence electrons. The molecule has 0 fully saturated rings. The number of ether oxygens (including phenoxy) is 1. The van der Waals surface area contributed by atoms with E-state index >= 15 is 0 Å². The molecule has 0 radical (unpaired) electrons. The van der Waals surface area contributed by atoms with Crippen LogP contribution in [-0.2, 0) is 17.8 Å². The highest BCUT2D eigenvalue weighted by molar-refractivity contribution is 5.98. The van der Waals surface area contributed by atoms with Crippen LogP contribution in [0.1, 0.15) is 33.1 Å². The molecule has 40 heavy (non-hydrogen) atoms. The number of rotatable bonds is 7. The molecule has 1 heterocycles. The maximum atomic E-state index is 14.6. The highest BCUT2D eigenvalue weighted by Gasteiger charge is 2.37. The van der Waals surface area contributed by atoms with E-state index in [2.05, 4.69) is 0 Å². The predicted octanol–water partition coefficient (Wildman–Crippen LogP) is 6.23. The van der Waals surface area contributed by atoms with Crippen LogP contribution in [0.15, 0.2) is 121 Å². The molecule has 1 aliphatic heterocycles. The fraction of sp³-hybridized carbons (Fsp3) is 0.176. The molecule has 0 aromatic heterocycles. The quantitative estimate of drug-likeness (QED) is 0.264. The molecule has 0 saturated carbocycles. The normalized spacial score (nSPS) is 18.1. The summed E-state index contributed by atoms with van der Waals surface area (Å²) in [5, 5.41) is 0. The maximum Gasteiger partial charge on any atom is 0.254 e. The molecule has 2 atom stereocenters. The van der Waals surface area contributed by atoms with Crippen molar-refractivity contribution in [2.45, 2.75) is 25.0 Å². The minimum Gasteiger partial charge on any atom is -0.497 e. The van der Waals surface area contributed by atoms with Crippen LogP contribution in [0, 0.1) is 5.82 Å². The number of halogens is 1. The van der Waals surface area contributed by atoms with Crippen LogP contribution in [-0.4, -0.2) is 41.3 Å². The topological polar surface area (TPSA) is 49.9 Å². The molecule has 1 unspecified atom stereocenters. The van der Waals surface area contributed by atoms with Crippen molar-refractivity contribution in [1.29, 1.82) is 0 Å². The van der Waals surface area contributed by atoms with Crippen molar-refractivity contribution in [3.63, 3.8) is 0 Å². The van der Waals surface area contributed by atoms with Gasteiger partial charge in [-0.2, -0.15) is 0 Å². The van der Waals surface area contributed by atoms with Gasteiger partial charge in [-0.3, -0.25) is 9.59 Å². The van der Waals surface area contributed by atoms with Gasteiger partial charge in [-0.15, -0.1) is 0 Å². The van der Waals surface area contributed by atoms with Gasteiger partial charge < -0.3 is 14.5 Å². The largest absolute Gasteiger partial charge is 0.497 e. The first-order valence-electron chi connectivity index (χ1n) is 13.3. The summed E-state index contributed by atoms with van der Waals surface area (Å²) in [6, 6.07) is 31.4. The number of benzene rings is 4. The molecule has 5 rings (SSSR count). The summed E-state index contributed by atoms with van der Waals surface area (Å²) in [5.74, 6) is -0.000657. The number of amides is 2. The van der Waals surface area contributed by atoms with Crippen LogP contribution in [0.4, 0.5) is 4.39 Å². The molecular weight excluding hydrogens is 503 g/mol. The Kier molecular flexibility index (Phi) is 8.35. The highest BCUT2D eigenvalue weighted by atomic mass is 19.1. The van der Waals surface area contributed by atoms with Crippen LogP contribution in [0.3, 0.4) is 0 Å². The smallest absolute Gasteiger partial charge is 0.254 e. The van der Waals surface area contributed by atoms with Crippen LogP contribution in [0.5, 0.6) is 5.75 Å². The van der Waals surface area contributed by atoms with Gasteiger partial charge in [0.1, 0.15) is 17.6 Å². The van der Waals surface area contributed by atoms with Gasteiger partial charge >= 0.3 is 0 Å². The summed E-state index contributed by atoms with van der Waals surface area (Å²) in [4.78, 5) is 31.9. The van der Waals surface area contributed by atoms with E-state index in [1.165, 1.54) is 12.1 Å². The zero-order valence-electron chi connectivity index (χ0n) is 22.3. The Hall–Kier alpha value is -4.71. The van der Waals surface area contributed by atoms with E-state index in [0.29, 0.717) is 12.0 Å². The molecule has 0 aliphatic carbocycles. The fourth-order valence-corrected chi connectivity index (χ4v) is 5.06. The first-order valence-corrected chi connectivity index (χ1v) is 13.3. The molecule has 2 amide bonds. The van der Waals surface area contributed by atoms with Crippen molar-refractivity contribution in [3.8, 4) is 5.75 Å². The maximum absolute atomic E-state index is 14.6. The van der Waals surface area contributed by atoms with Gasteiger partial charge in [0, 0.05) is 25.1 Å². The molecule has 0 saturated heterocycles. The van der Waals surface area contributed by atoms with Crippen molar-refractivity contribution in [3.05, 3.63) is 149 Å². The van der Waals surface area contributed by atoms with Crippen LogP contribution < -0.4 is 4.74 Å². The molecule has 5 nitrogen and oxygen atoms in total. The Labute approximate surface area is 234 Å². The van der Waals surface area contributed by atoms with E-state index in [1.807, 2.05) is 84.9 Å². The average Bonchev–Trinajstić information content (AvgIpc) is 3.00. The van der Waals surface area contributed by atoms with Crippen molar-refractivity contribution >= 4 is 11.8 Å². The van der Waals surface area contributed by atoms with Gasteiger partial charge in [-0.1, -0.05) is 84.9 Å². The Morgan fingerprint density at radius 2 is 1.50 bits per heavy atom. The molecule has 4 aromatic rings. The molecule has 4 aromatic carbocycles. The summed E-state index contributed by atoms with van der Waals surface area (Å²) < 4.78 is 19.1. The van der Waals surface area contributed by atoms with Crippen molar-refractivity contribution in [2.24, 2.45) is 0 Å². The molecule has 0 bridgehead atoms. The van der Waals surface area contributed by atoms with Crippen molar-refractivity contribution in [2.75, 3.05) is 13.7 Å². The summed E-state index contributed by atoms with van der Waals surface area (Å²) in [7, 11) is 1.61. The van der Waals surface area contributed by atoms with E-state index in [0.717, 1.165) is 22.4 Å².